The minimum Gasteiger partial charge on any atom is -0.497 e. The van der Waals surface area contributed by atoms with Gasteiger partial charge in [-0.25, -0.2) is 4.98 Å². The van der Waals surface area contributed by atoms with Crippen molar-refractivity contribution in [2.24, 2.45) is 0 Å². The molecule has 102 valence electrons. The fourth-order valence-corrected chi connectivity index (χ4v) is 2.60. The zero-order valence-corrected chi connectivity index (χ0v) is 12.5. The summed E-state index contributed by atoms with van der Waals surface area (Å²) >= 11 is 1.71. The molecular weight excluding hydrogens is 256 g/mol. The summed E-state index contributed by atoms with van der Waals surface area (Å²) in [6.07, 6.45) is 0.977. The SMILES string of the molecule is COc1ccc(C(C)NCCc2csc(C)n2)cc1. The molecule has 0 amide bonds. The molecule has 2 rings (SSSR count). The van der Waals surface area contributed by atoms with Crippen LogP contribution in [0.5, 0.6) is 5.75 Å². The number of rotatable bonds is 6. The lowest BCUT2D eigenvalue weighted by Crippen LogP contribution is -2.21. The lowest BCUT2D eigenvalue weighted by Gasteiger charge is -2.14. The molecule has 1 unspecified atom stereocenters. The standard InChI is InChI=1S/C15H20N2OS/c1-11(13-4-6-15(18-3)7-5-13)16-9-8-14-10-19-12(2)17-14/h4-7,10-11,16H,8-9H2,1-3H3. The van der Waals surface area contributed by atoms with Crippen molar-refractivity contribution < 1.29 is 4.74 Å². The molecule has 0 fully saturated rings. The van der Waals surface area contributed by atoms with E-state index >= 15 is 0 Å². The number of nitrogens with one attached hydrogen (secondary N) is 1. The second kappa shape index (κ2) is 6.68. The molecule has 0 saturated heterocycles. The minimum absolute atomic E-state index is 0.339. The van der Waals surface area contributed by atoms with Gasteiger partial charge in [0, 0.05) is 24.4 Å². The third kappa shape index (κ3) is 4.04. The molecule has 1 N–H and O–H groups in total. The number of benzene rings is 1. The number of aromatic nitrogens is 1. The Morgan fingerprint density at radius 3 is 2.63 bits per heavy atom. The molecule has 19 heavy (non-hydrogen) atoms. The Morgan fingerprint density at radius 2 is 2.05 bits per heavy atom. The third-order valence-corrected chi connectivity index (χ3v) is 3.94. The fourth-order valence-electron chi connectivity index (χ4n) is 1.95. The molecule has 1 aromatic carbocycles. The lowest BCUT2D eigenvalue weighted by atomic mass is 10.1. The largest absolute Gasteiger partial charge is 0.497 e. The maximum atomic E-state index is 5.16. The minimum atomic E-state index is 0.339. The topological polar surface area (TPSA) is 34.1 Å². The number of thiazole rings is 1. The number of hydrogen-bond acceptors (Lipinski definition) is 4. The quantitative estimate of drug-likeness (QED) is 0.878. The van der Waals surface area contributed by atoms with Crippen molar-refractivity contribution in [2.45, 2.75) is 26.3 Å². The summed E-state index contributed by atoms with van der Waals surface area (Å²) in [6, 6.07) is 8.53. The summed E-state index contributed by atoms with van der Waals surface area (Å²) in [5.74, 6) is 0.897. The van der Waals surface area contributed by atoms with Gasteiger partial charge < -0.3 is 10.1 Å². The monoisotopic (exact) mass is 276 g/mol. The summed E-state index contributed by atoms with van der Waals surface area (Å²) in [4.78, 5) is 4.46. The first-order valence-corrected chi connectivity index (χ1v) is 7.35. The average molecular weight is 276 g/mol. The second-order valence-corrected chi connectivity index (χ2v) is 5.62. The molecule has 0 radical (unpaired) electrons. The number of hydrogen-bond donors (Lipinski definition) is 1. The van der Waals surface area contributed by atoms with Crippen LogP contribution in [0.25, 0.3) is 0 Å². The van der Waals surface area contributed by atoms with Crippen LogP contribution in [0.2, 0.25) is 0 Å². The predicted molar refractivity (Wildman–Crippen MR) is 80.0 cm³/mol. The molecule has 0 saturated carbocycles. The average Bonchev–Trinajstić information content (AvgIpc) is 2.84. The Labute approximate surface area is 118 Å². The van der Waals surface area contributed by atoms with Crippen molar-refractivity contribution >= 4 is 11.3 Å². The van der Waals surface area contributed by atoms with Gasteiger partial charge in [0.15, 0.2) is 0 Å². The Bertz CT molecular complexity index is 507. The molecule has 1 aromatic heterocycles. The molecule has 0 aliphatic rings. The van der Waals surface area contributed by atoms with Crippen molar-refractivity contribution in [3.05, 3.63) is 45.9 Å². The first-order valence-electron chi connectivity index (χ1n) is 6.47. The van der Waals surface area contributed by atoms with Gasteiger partial charge in [0.25, 0.3) is 0 Å². The van der Waals surface area contributed by atoms with Crippen molar-refractivity contribution in [2.75, 3.05) is 13.7 Å². The molecule has 4 heteroatoms. The van der Waals surface area contributed by atoms with E-state index in [2.05, 4.69) is 34.7 Å². The Hall–Kier alpha value is -1.39. The van der Waals surface area contributed by atoms with E-state index in [0.717, 1.165) is 23.7 Å². The smallest absolute Gasteiger partial charge is 0.118 e. The van der Waals surface area contributed by atoms with Gasteiger partial charge >= 0.3 is 0 Å². The number of ether oxygens (including phenoxy) is 1. The molecule has 1 atom stereocenters. The highest BCUT2D eigenvalue weighted by atomic mass is 32.1. The first kappa shape index (κ1) is 14.0. The van der Waals surface area contributed by atoms with Crippen molar-refractivity contribution in [1.29, 1.82) is 0 Å². The van der Waals surface area contributed by atoms with Gasteiger partial charge in [-0.1, -0.05) is 12.1 Å². The molecule has 3 nitrogen and oxygen atoms in total. The van der Waals surface area contributed by atoms with Gasteiger partial charge in [0.1, 0.15) is 5.75 Å². The third-order valence-electron chi connectivity index (χ3n) is 3.11. The summed E-state index contributed by atoms with van der Waals surface area (Å²) in [5, 5.41) is 6.79. The van der Waals surface area contributed by atoms with E-state index in [0.29, 0.717) is 6.04 Å². The lowest BCUT2D eigenvalue weighted by molar-refractivity contribution is 0.414. The fraction of sp³-hybridized carbons (Fsp3) is 0.400. The molecule has 2 aromatic rings. The van der Waals surface area contributed by atoms with Crippen LogP contribution in [-0.4, -0.2) is 18.6 Å². The van der Waals surface area contributed by atoms with Crippen LogP contribution < -0.4 is 10.1 Å². The highest BCUT2D eigenvalue weighted by Gasteiger charge is 2.05. The van der Waals surface area contributed by atoms with Crippen LogP contribution in [-0.2, 0) is 6.42 Å². The van der Waals surface area contributed by atoms with Gasteiger partial charge in [0.2, 0.25) is 0 Å². The second-order valence-electron chi connectivity index (χ2n) is 4.56. The van der Waals surface area contributed by atoms with Crippen molar-refractivity contribution in [3.63, 3.8) is 0 Å². The van der Waals surface area contributed by atoms with Crippen LogP contribution in [0.4, 0.5) is 0 Å². The van der Waals surface area contributed by atoms with Crippen LogP contribution >= 0.6 is 11.3 Å². The van der Waals surface area contributed by atoms with Crippen molar-refractivity contribution in [1.82, 2.24) is 10.3 Å². The van der Waals surface area contributed by atoms with E-state index in [9.17, 15) is 0 Å². The van der Waals surface area contributed by atoms with Gasteiger partial charge in [0.05, 0.1) is 17.8 Å². The number of aryl methyl sites for hydroxylation is 1. The summed E-state index contributed by atoms with van der Waals surface area (Å²) in [7, 11) is 1.69. The highest BCUT2D eigenvalue weighted by molar-refractivity contribution is 7.09. The van der Waals surface area contributed by atoms with E-state index in [1.807, 2.05) is 19.1 Å². The molecule has 0 aliphatic heterocycles. The predicted octanol–water partition coefficient (Wildman–Crippen LogP) is 3.35. The number of nitrogens with zero attached hydrogens (tertiary/aromatic N) is 1. The molecular formula is C15H20N2OS. The Morgan fingerprint density at radius 1 is 1.32 bits per heavy atom. The van der Waals surface area contributed by atoms with E-state index < -0.39 is 0 Å². The summed E-state index contributed by atoms with van der Waals surface area (Å²) in [5.41, 5.74) is 2.45. The van der Waals surface area contributed by atoms with Gasteiger partial charge in [-0.2, -0.15) is 0 Å². The Kier molecular flexibility index (Phi) is 4.93. The maximum Gasteiger partial charge on any atom is 0.118 e. The summed E-state index contributed by atoms with van der Waals surface area (Å²) in [6.45, 7) is 5.16. The highest BCUT2D eigenvalue weighted by Crippen LogP contribution is 2.17. The number of methoxy groups -OCH3 is 1. The first-order chi connectivity index (χ1) is 9.19. The van der Waals surface area contributed by atoms with Crippen LogP contribution in [0, 0.1) is 6.92 Å². The maximum absolute atomic E-state index is 5.16. The molecule has 0 bridgehead atoms. The van der Waals surface area contributed by atoms with Gasteiger partial charge in [-0.3, -0.25) is 0 Å². The van der Waals surface area contributed by atoms with Crippen molar-refractivity contribution in [3.8, 4) is 5.75 Å². The Balaban J connectivity index is 1.81. The summed E-state index contributed by atoms with van der Waals surface area (Å²) < 4.78 is 5.16. The normalized spacial score (nSPS) is 12.4. The zero-order valence-electron chi connectivity index (χ0n) is 11.6. The van der Waals surface area contributed by atoms with E-state index in [1.54, 1.807) is 18.4 Å². The van der Waals surface area contributed by atoms with Gasteiger partial charge in [-0.05, 0) is 31.5 Å². The van der Waals surface area contributed by atoms with Gasteiger partial charge in [-0.15, -0.1) is 11.3 Å². The van der Waals surface area contributed by atoms with E-state index in [-0.39, 0.29) is 0 Å². The molecule has 0 spiro atoms. The molecule has 0 aliphatic carbocycles. The van der Waals surface area contributed by atoms with Crippen LogP contribution in [0.3, 0.4) is 0 Å². The van der Waals surface area contributed by atoms with Crippen LogP contribution in [0.15, 0.2) is 29.6 Å². The molecule has 1 heterocycles. The van der Waals surface area contributed by atoms with Crippen LogP contribution in [0.1, 0.15) is 29.2 Å². The van der Waals surface area contributed by atoms with E-state index in [4.69, 9.17) is 4.74 Å². The van der Waals surface area contributed by atoms with E-state index in [1.165, 1.54) is 11.3 Å². The zero-order chi connectivity index (χ0) is 13.7.